The summed E-state index contributed by atoms with van der Waals surface area (Å²) in [4.78, 5) is 24.3. The molecule has 3 nitrogen and oxygen atoms in total. The van der Waals surface area contributed by atoms with Gasteiger partial charge in [-0.1, -0.05) is 61.2 Å². The molecule has 0 aromatic heterocycles. The van der Waals surface area contributed by atoms with Crippen molar-refractivity contribution in [2.75, 3.05) is 6.61 Å². The average Bonchev–Trinajstić information content (AvgIpc) is 2.66. The summed E-state index contributed by atoms with van der Waals surface area (Å²) in [7, 11) is 0. The van der Waals surface area contributed by atoms with E-state index in [0.29, 0.717) is 17.0 Å². The lowest BCUT2D eigenvalue weighted by atomic mass is 9.84. The Kier molecular flexibility index (Phi) is 5.64. The summed E-state index contributed by atoms with van der Waals surface area (Å²) in [6.45, 7) is 1.69. The molecule has 0 atom stereocenters. The highest BCUT2D eigenvalue weighted by atomic mass is 16.5. The van der Waals surface area contributed by atoms with E-state index in [9.17, 15) is 9.59 Å². The molecule has 1 aliphatic rings. The van der Waals surface area contributed by atoms with Crippen LogP contribution >= 0.6 is 0 Å². The summed E-state index contributed by atoms with van der Waals surface area (Å²) >= 11 is 0. The van der Waals surface area contributed by atoms with Crippen LogP contribution in [0.25, 0.3) is 0 Å². The van der Waals surface area contributed by atoms with E-state index < -0.39 is 5.97 Å². The molecule has 0 saturated heterocycles. The minimum Gasteiger partial charge on any atom is -0.454 e. The van der Waals surface area contributed by atoms with Crippen LogP contribution in [0.1, 0.15) is 69.9 Å². The first-order chi connectivity index (χ1) is 12.1. The molecule has 0 amide bonds. The Bertz CT molecular complexity index is 740. The van der Waals surface area contributed by atoms with Crippen molar-refractivity contribution < 1.29 is 14.3 Å². The summed E-state index contributed by atoms with van der Waals surface area (Å²) in [6.07, 6.45) is 6.39. The van der Waals surface area contributed by atoms with Crippen LogP contribution in [-0.2, 0) is 4.74 Å². The summed E-state index contributed by atoms with van der Waals surface area (Å²) in [5.74, 6) is -0.0101. The van der Waals surface area contributed by atoms with Crippen LogP contribution in [0, 0.1) is 6.92 Å². The van der Waals surface area contributed by atoms with Crippen molar-refractivity contribution in [1.29, 1.82) is 0 Å². The smallest absolute Gasteiger partial charge is 0.338 e. The highest BCUT2D eigenvalue weighted by Crippen LogP contribution is 2.32. The monoisotopic (exact) mass is 336 g/mol. The maximum Gasteiger partial charge on any atom is 0.338 e. The number of aryl methyl sites for hydroxylation is 1. The van der Waals surface area contributed by atoms with E-state index in [1.165, 1.54) is 37.7 Å². The van der Waals surface area contributed by atoms with E-state index in [4.69, 9.17) is 4.74 Å². The zero-order valence-electron chi connectivity index (χ0n) is 14.7. The van der Waals surface area contributed by atoms with Crippen LogP contribution in [-0.4, -0.2) is 18.4 Å². The maximum atomic E-state index is 12.3. The lowest BCUT2D eigenvalue weighted by Crippen LogP contribution is -2.14. The standard InChI is InChI=1S/C22H24O3/c1-16-6-5-9-20(14-16)22(24)25-15-21(23)19-12-10-18(11-13-19)17-7-3-2-4-8-17/h5-6,9-14,17H,2-4,7-8,15H2,1H3. The Morgan fingerprint density at radius 1 is 0.960 bits per heavy atom. The van der Waals surface area contributed by atoms with Crippen LogP contribution in [0.3, 0.4) is 0 Å². The van der Waals surface area contributed by atoms with E-state index in [2.05, 4.69) is 0 Å². The fourth-order valence-corrected chi connectivity index (χ4v) is 3.45. The van der Waals surface area contributed by atoms with Gasteiger partial charge in [0, 0.05) is 5.56 Å². The van der Waals surface area contributed by atoms with Crippen molar-refractivity contribution >= 4 is 11.8 Å². The minimum atomic E-state index is -0.462. The molecule has 0 heterocycles. The first kappa shape index (κ1) is 17.4. The van der Waals surface area contributed by atoms with Gasteiger partial charge in [-0.25, -0.2) is 4.79 Å². The van der Waals surface area contributed by atoms with Crippen molar-refractivity contribution in [3.8, 4) is 0 Å². The quantitative estimate of drug-likeness (QED) is 0.565. The van der Waals surface area contributed by atoms with Crippen molar-refractivity contribution in [3.63, 3.8) is 0 Å². The third kappa shape index (κ3) is 4.56. The van der Waals surface area contributed by atoms with Gasteiger partial charge >= 0.3 is 5.97 Å². The number of carbonyl (C=O) groups is 2. The molecule has 0 aliphatic heterocycles. The number of hydrogen-bond acceptors (Lipinski definition) is 3. The number of hydrogen-bond donors (Lipinski definition) is 0. The number of ketones is 1. The molecule has 0 spiro atoms. The minimum absolute atomic E-state index is 0.170. The van der Waals surface area contributed by atoms with E-state index in [-0.39, 0.29) is 12.4 Å². The van der Waals surface area contributed by atoms with Crippen molar-refractivity contribution in [1.82, 2.24) is 0 Å². The molecule has 0 radical (unpaired) electrons. The van der Waals surface area contributed by atoms with Gasteiger partial charge in [-0.05, 0) is 43.4 Å². The molecule has 1 aliphatic carbocycles. The molecule has 1 fully saturated rings. The SMILES string of the molecule is Cc1cccc(C(=O)OCC(=O)c2ccc(C3CCCCC3)cc2)c1. The van der Waals surface area contributed by atoms with Gasteiger partial charge < -0.3 is 4.74 Å². The Labute approximate surface area is 149 Å². The number of esters is 1. The molecule has 1 saturated carbocycles. The van der Waals surface area contributed by atoms with Crippen LogP contribution < -0.4 is 0 Å². The predicted molar refractivity (Wildman–Crippen MR) is 98.1 cm³/mol. The van der Waals surface area contributed by atoms with Crippen molar-refractivity contribution in [2.45, 2.75) is 44.9 Å². The zero-order chi connectivity index (χ0) is 17.6. The second-order valence-corrected chi connectivity index (χ2v) is 6.83. The lowest BCUT2D eigenvalue weighted by Gasteiger charge is -2.22. The Balaban J connectivity index is 1.56. The Hall–Kier alpha value is -2.42. The van der Waals surface area contributed by atoms with Gasteiger partial charge in [-0.15, -0.1) is 0 Å². The van der Waals surface area contributed by atoms with Gasteiger partial charge in [-0.2, -0.15) is 0 Å². The third-order valence-electron chi connectivity index (χ3n) is 4.90. The molecule has 25 heavy (non-hydrogen) atoms. The van der Waals surface area contributed by atoms with Gasteiger partial charge in [0.25, 0.3) is 0 Å². The molecular weight excluding hydrogens is 312 g/mol. The van der Waals surface area contributed by atoms with Gasteiger partial charge in [0.05, 0.1) is 5.56 Å². The third-order valence-corrected chi connectivity index (χ3v) is 4.90. The molecule has 130 valence electrons. The number of benzene rings is 2. The summed E-state index contributed by atoms with van der Waals surface area (Å²) in [5.41, 5.74) is 3.36. The number of carbonyl (C=O) groups excluding carboxylic acids is 2. The van der Waals surface area contributed by atoms with Gasteiger partial charge in [-0.3, -0.25) is 4.79 Å². The predicted octanol–water partition coefficient (Wildman–Crippen LogP) is 5.08. The van der Waals surface area contributed by atoms with E-state index in [1.54, 1.807) is 18.2 Å². The van der Waals surface area contributed by atoms with E-state index >= 15 is 0 Å². The fraction of sp³-hybridized carbons (Fsp3) is 0.364. The second-order valence-electron chi connectivity index (χ2n) is 6.83. The Morgan fingerprint density at radius 3 is 2.36 bits per heavy atom. The lowest BCUT2D eigenvalue weighted by molar-refractivity contribution is 0.0474. The Morgan fingerprint density at radius 2 is 1.68 bits per heavy atom. The van der Waals surface area contributed by atoms with Gasteiger partial charge in [0.2, 0.25) is 0 Å². The first-order valence-corrected chi connectivity index (χ1v) is 9.00. The molecule has 0 N–H and O–H groups in total. The molecule has 3 rings (SSSR count). The zero-order valence-corrected chi connectivity index (χ0v) is 14.7. The first-order valence-electron chi connectivity index (χ1n) is 9.00. The second kappa shape index (κ2) is 8.11. The van der Waals surface area contributed by atoms with Crippen LogP contribution in [0.4, 0.5) is 0 Å². The van der Waals surface area contributed by atoms with Gasteiger partial charge in [0.15, 0.2) is 12.4 Å². The van der Waals surface area contributed by atoms with E-state index in [0.717, 1.165) is 5.56 Å². The largest absolute Gasteiger partial charge is 0.454 e. The van der Waals surface area contributed by atoms with Crippen LogP contribution in [0.2, 0.25) is 0 Å². The van der Waals surface area contributed by atoms with Crippen LogP contribution in [0.5, 0.6) is 0 Å². The highest BCUT2D eigenvalue weighted by molar-refractivity contribution is 5.99. The topological polar surface area (TPSA) is 43.4 Å². The number of Topliss-reactive ketones (excluding diaryl/α,β-unsaturated/α-hetero) is 1. The summed E-state index contributed by atoms with van der Waals surface area (Å²) in [5, 5.41) is 0. The van der Waals surface area contributed by atoms with Gasteiger partial charge in [0.1, 0.15) is 0 Å². The number of ether oxygens (including phenoxy) is 1. The highest BCUT2D eigenvalue weighted by Gasteiger charge is 2.16. The molecule has 3 heteroatoms. The molecule has 2 aromatic carbocycles. The molecular formula is C22H24O3. The van der Waals surface area contributed by atoms with E-state index in [1.807, 2.05) is 37.3 Å². The number of rotatable bonds is 5. The molecule has 0 unspecified atom stereocenters. The van der Waals surface area contributed by atoms with Crippen LogP contribution in [0.15, 0.2) is 48.5 Å². The average molecular weight is 336 g/mol. The molecule has 0 bridgehead atoms. The normalized spacial score (nSPS) is 14.9. The summed E-state index contributed by atoms with van der Waals surface area (Å²) < 4.78 is 5.16. The molecule has 2 aromatic rings. The van der Waals surface area contributed by atoms with Crippen molar-refractivity contribution in [2.24, 2.45) is 0 Å². The maximum absolute atomic E-state index is 12.3. The summed E-state index contributed by atoms with van der Waals surface area (Å²) in [6, 6.07) is 15.0. The van der Waals surface area contributed by atoms with Crippen molar-refractivity contribution in [3.05, 3.63) is 70.8 Å². The fourth-order valence-electron chi connectivity index (χ4n) is 3.45.